The summed E-state index contributed by atoms with van der Waals surface area (Å²) in [7, 11) is 1.46. The largest absolute Gasteiger partial charge is 0.469 e. The van der Waals surface area contributed by atoms with Crippen LogP contribution in [0.2, 0.25) is 0 Å². The summed E-state index contributed by atoms with van der Waals surface area (Å²) in [6, 6.07) is 0.701. The molecule has 0 aliphatic carbocycles. The van der Waals surface area contributed by atoms with Gasteiger partial charge in [-0.3, -0.25) is 4.79 Å². The van der Waals surface area contributed by atoms with E-state index in [9.17, 15) is 4.79 Å². The van der Waals surface area contributed by atoms with Gasteiger partial charge in [-0.15, -0.1) is 0 Å². The molecule has 0 radical (unpaired) electrons. The Kier molecular flexibility index (Phi) is 4.18. The zero-order valence-corrected chi connectivity index (χ0v) is 10.1. The highest BCUT2D eigenvalue weighted by atomic mass is 16.5. The Morgan fingerprint density at radius 3 is 3.12 bits per heavy atom. The number of esters is 1. The molecule has 0 aromatic rings. The minimum absolute atomic E-state index is 0.0882. The van der Waals surface area contributed by atoms with Crippen LogP contribution in [0.1, 0.15) is 25.7 Å². The number of carbonyl (C=O) groups is 1. The van der Waals surface area contributed by atoms with Gasteiger partial charge in [-0.2, -0.15) is 0 Å². The van der Waals surface area contributed by atoms with Crippen LogP contribution in [-0.2, 0) is 9.53 Å². The third kappa shape index (κ3) is 2.95. The van der Waals surface area contributed by atoms with Crippen molar-refractivity contribution in [1.29, 1.82) is 0 Å². The molecule has 4 heteroatoms. The van der Waals surface area contributed by atoms with Crippen molar-refractivity contribution in [3.63, 3.8) is 0 Å². The first-order chi connectivity index (χ1) is 7.79. The average molecular weight is 226 g/mol. The van der Waals surface area contributed by atoms with E-state index in [1.54, 1.807) is 0 Å². The van der Waals surface area contributed by atoms with Crippen LogP contribution in [-0.4, -0.2) is 50.2 Å². The number of nitrogens with one attached hydrogen (secondary N) is 1. The molecule has 0 spiro atoms. The van der Waals surface area contributed by atoms with Crippen LogP contribution >= 0.6 is 0 Å². The lowest BCUT2D eigenvalue weighted by molar-refractivity contribution is -0.140. The third-order valence-electron chi connectivity index (χ3n) is 3.76. The smallest absolute Gasteiger partial charge is 0.305 e. The van der Waals surface area contributed by atoms with E-state index in [0.717, 1.165) is 25.4 Å². The Hall–Kier alpha value is -0.610. The number of ether oxygens (including phenoxy) is 1. The van der Waals surface area contributed by atoms with Crippen molar-refractivity contribution in [2.24, 2.45) is 5.92 Å². The molecule has 0 aromatic heterocycles. The molecular weight excluding hydrogens is 204 g/mol. The van der Waals surface area contributed by atoms with Gasteiger partial charge >= 0.3 is 5.97 Å². The highest BCUT2D eigenvalue weighted by Gasteiger charge is 2.33. The van der Waals surface area contributed by atoms with Crippen molar-refractivity contribution >= 4 is 5.97 Å². The standard InChI is InChI=1S/C12H22N2O2/c1-16-12(15)5-3-7-14-8-10-4-2-6-13-11(10)9-14/h10-11,13H,2-9H2,1H3. The lowest BCUT2D eigenvalue weighted by Gasteiger charge is -2.24. The Morgan fingerprint density at radius 1 is 1.50 bits per heavy atom. The number of hydrogen-bond donors (Lipinski definition) is 1. The molecule has 2 aliphatic heterocycles. The first-order valence-corrected chi connectivity index (χ1v) is 6.32. The summed E-state index contributed by atoms with van der Waals surface area (Å²) in [5.74, 6) is 0.751. The Labute approximate surface area is 97.3 Å². The lowest BCUT2D eigenvalue weighted by atomic mass is 9.94. The Balaban J connectivity index is 1.66. The van der Waals surface area contributed by atoms with Crippen LogP contribution in [0, 0.1) is 5.92 Å². The molecule has 1 N–H and O–H groups in total. The molecule has 2 unspecified atom stereocenters. The third-order valence-corrected chi connectivity index (χ3v) is 3.76. The van der Waals surface area contributed by atoms with Crippen LogP contribution in [0.25, 0.3) is 0 Å². The van der Waals surface area contributed by atoms with E-state index in [-0.39, 0.29) is 5.97 Å². The van der Waals surface area contributed by atoms with Gasteiger partial charge in [0.05, 0.1) is 7.11 Å². The van der Waals surface area contributed by atoms with Crippen molar-refractivity contribution < 1.29 is 9.53 Å². The number of rotatable bonds is 4. The summed E-state index contributed by atoms with van der Waals surface area (Å²) in [6.07, 6.45) is 4.16. The van der Waals surface area contributed by atoms with Crippen LogP contribution < -0.4 is 5.32 Å². The normalized spacial score (nSPS) is 30.1. The monoisotopic (exact) mass is 226 g/mol. The summed E-state index contributed by atoms with van der Waals surface area (Å²) in [5.41, 5.74) is 0. The van der Waals surface area contributed by atoms with Gasteiger partial charge in [0.15, 0.2) is 0 Å². The van der Waals surface area contributed by atoms with Crippen molar-refractivity contribution in [2.45, 2.75) is 31.7 Å². The molecule has 2 rings (SSSR count). The highest BCUT2D eigenvalue weighted by Crippen LogP contribution is 2.24. The van der Waals surface area contributed by atoms with E-state index < -0.39 is 0 Å². The maximum Gasteiger partial charge on any atom is 0.305 e. The molecule has 2 atom stereocenters. The van der Waals surface area contributed by atoms with Crippen molar-refractivity contribution in [1.82, 2.24) is 10.2 Å². The lowest BCUT2D eigenvalue weighted by Crippen LogP contribution is -2.40. The van der Waals surface area contributed by atoms with E-state index in [0.29, 0.717) is 12.5 Å². The number of methoxy groups -OCH3 is 1. The van der Waals surface area contributed by atoms with Gasteiger partial charge in [0.25, 0.3) is 0 Å². The van der Waals surface area contributed by atoms with Gasteiger partial charge in [-0.1, -0.05) is 0 Å². The summed E-state index contributed by atoms with van der Waals surface area (Å²) >= 11 is 0. The predicted octanol–water partition coefficient (Wildman–Crippen LogP) is 0.623. The molecule has 2 aliphatic rings. The summed E-state index contributed by atoms with van der Waals surface area (Å²) in [5, 5.41) is 3.59. The molecule has 92 valence electrons. The fourth-order valence-electron chi connectivity index (χ4n) is 2.87. The molecule has 2 heterocycles. The molecule has 16 heavy (non-hydrogen) atoms. The Morgan fingerprint density at radius 2 is 2.38 bits per heavy atom. The van der Waals surface area contributed by atoms with E-state index in [2.05, 4.69) is 15.0 Å². The van der Waals surface area contributed by atoms with Crippen LogP contribution in [0.4, 0.5) is 0 Å². The van der Waals surface area contributed by atoms with Crippen molar-refractivity contribution in [2.75, 3.05) is 33.3 Å². The van der Waals surface area contributed by atoms with E-state index in [4.69, 9.17) is 0 Å². The molecule has 0 amide bonds. The molecule has 2 saturated heterocycles. The number of nitrogens with zero attached hydrogens (tertiary/aromatic N) is 1. The number of hydrogen-bond acceptors (Lipinski definition) is 4. The van der Waals surface area contributed by atoms with Gasteiger partial charge in [-0.05, 0) is 38.3 Å². The number of fused-ring (bicyclic) bond motifs is 1. The first kappa shape index (κ1) is 11.9. The van der Waals surface area contributed by atoms with Crippen molar-refractivity contribution in [3.8, 4) is 0 Å². The van der Waals surface area contributed by atoms with Gasteiger partial charge in [0.1, 0.15) is 0 Å². The quantitative estimate of drug-likeness (QED) is 0.714. The average Bonchev–Trinajstić information content (AvgIpc) is 2.71. The van der Waals surface area contributed by atoms with Gasteiger partial charge < -0.3 is 15.0 Å². The van der Waals surface area contributed by atoms with Crippen LogP contribution in [0.3, 0.4) is 0 Å². The molecule has 4 nitrogen and oxygen atoms in total. The SMILES string of the molecule is COC(=O)CCCN1CC2CCCNC2C1. The number of carbonyl (C=O) groups excluding carboxylic acids is 1. The van der Waals surface area contributed by atoms with Gasteiger partial charge in [0, 0.05) is 25.6 Å². The highest BCUT2D eigenvalue weighted by molar-refractivity contribution is 5.69. The fourth-order valence-corrected chi connectivity index (χ4v) is 2.87. The number of likely N-dealkylation sites (tertiary alicyclic amines) is 1. The van der Waals surface area contributed by atoms with Crippen LogP contribution in [0.5, 0.6) is 0 Å². The second-order valence-corrected chi connectivity index (χ2v) is 4.90. The molecular formula is C12H22N2O2. The van der Waals surface area contributed by atoms with Crippen LogP contribution in [0.15, 0.2) is 0 Å². The first-order valence-electron chi connectivity index (χ1n) is 6.32. The molecule has 2 fully saturated rings. The van der Waals surface area contributed by atoms with E-state index in [1.165, 1.54) is 33.0 Å². The Bertz CT molecular complexity index is 231. The predicted molar refractivity (Wildman–Crippen MR) is 62.2 cm³/mol. The molecule has 0 bridgehead atoms. The minimum atomic E-state index is -0.0882. The summed E-state index contributed by atoms with van der Waals surface area (Å²) in [4.78, 5) is 13.5. The second kappa shape index (κ2) is 5.64. The number of piperidine rings is 1. The second-order valence-electron chi connectivity index (χ2n) is 4.90. The van der Waals surface area contributed by atoms with Crippen molar-refractivity contribution in [3.05, 3.63) is 0 Å². The zero-order chi connectivity index (χ0) is 11.4. The molecule has 0 aromatic carbocycles. The maximum absolute atomic E-state index is 11.0. The summed E-state index contributed by atoms with van der Waals surface area (Å²) < 4.78 is 4.64. The van der Waals surface area contributed by atoms with E-state index in [1.807, 2.05) is 0 Å². The topological polar surface area (TPSA) is 41.6 Å². The van der Waals surface area contributed by atoms with E-state index >= 15 is 0 Å². The minimum Gasteiger partial charge on any atom is -0.469 e. The zero-order valence-electron chi connectivity index (χ0n) is 10.1. The maximum atomic E-state index is 11.0. The van der Waals surface area contributed by atoms with Gasteiger partial charge in [-0.25, -0.2) is 0 Å². The van der Waals surface area contributed by atoms with Gasteiger partial charge in [0.2, 0.25) is 0 Å². The fraction of sp³-hybridized carbons (Fsp3) is 0.917. The molecule has 0 saturated carbocycles. The summed E-state index contributed by atoms with van der Waals surface area (Å²) in [6.45, 7) is 4.58.